The molecule has 2 heterocycles. The molecule has 0 radical (unpaired) electrons. The number of nitrogens with zero attached hydrogens (tertiary/aromatic N) is 3. The molecular weight excluding hydrogens is 558 g/mol. The first-order valence-corrected chi connectivity index (χ1v) is 15.5. The minimum atomic E-state index is 0.656. The first kappa shape index (κ1) is 26.1. The van der Waals surface area contributed by atoms with Crippen LogP contribution in [0.1, 0.15) is 5.56 Å². The molecule has 46 heavy (non-hydrogen) atoms. The molecule has 0 aliphatic rings. The molecule has 0 saturated heterocycles. The normalized spacial score (nSPS) is 11.5. The standard InChI is InChI=1S/C43H27N3/c44-28-31-25-26-32(45-40-17-7-2-12-34(40)35-13-3-8-18-41(35)45)27-38(31)30-23-21-29(22-24-30)33-11-1-6-16-39(33)46-42-19-9-4-14-36(42)37-15-5-10-20-43(37)46/h1-27H. The number of benzene rings is 7. The minimum Gasteiger partial charge on any atom is -0.309 e. The van der Waals surface area contributed by atoms with E-state index in [4.69, 9.17) is 0 Å². The third-order valence-electron chi connectivity index (χ3n) is 9.19. The molecule has 9 aromatic rings. The van der Waals surface area contributed by atoms with Gasteiger partial charge in [0.1, 0.15) is 0 Å². The Morgan fingerprint density at radius 2 is 0.826 bits per heavy atom. The third-order valence-corrected chi connectivity index (χ3v) is 9.19. The van der Waals surface area contributed by atoms with E-state index in [-0.39, 0.29) is 0 Å². The van der Waals surface area contributed by atoms with Gasteiger partial charge in [0.15, 0.2) is 0 Å². The second kappa shape index (κ2) is 10.4. The lowest BCUT2D eigenvalue weighted by molar-refractivity contribution is 1.18. The van der Waals surface area contributed by atoms with Crippen molar-refractivity contribution >= 4 is 43.6 Å². The number of fused-ring (bicyclic) bond motifs is 6. The molecule has 0 saturated carbocycles. The van der Waals surface area contributed by atoms with E-state index in [9.17, 15) is 5.26 Å². The number of hydrogen-bond acceptors (Lipinski definition) is 1. The molecular formula is C43H27N3. The molecule has 9 rings (SSSR count). The quantitative estimate of drug-likeness (QED) is 0.202. The van der Waals surface area contributed by atoms with Crippen LogP contribution in [-0.2, 0) is 0 Å². The van der Waals surface area contributed by atoms with E-state index < -0.39 is 0 Å². The highest BCUT2D eigenvalue weighted by Crippen LogP contribution is 2.38. The van der Waals surface area contributed by atoms with E-state index in [1.807, 2.05) is 6.07 Å². The summed E-state index contributed by atoms with van der Waals surface area (Å²) in [6.07, 6.45) is 0. The topological polar surface area (TPSA) is 33.6 Å². The fraction of sp³-hybridized carbons (Fsp3) is 0. The second-order valence-corrected chi connectivity index (χ2v) is 11.7. The zero-order chi connectivity index (χ0) is 30.6. The molecule has 0 atom stereocenters. The van der Waals surface area contributed by atoms with E-state index in [0.717, 1.165) is 44.7 Å². The number of aromatic nitrogens is 2. The number of hydrogen-bond donors (Lipinski definition) is 0. The van der Waals surface area contributed by atoms with Gasteiger partial charge in [-0.1, -0.05) is 115 Å². The lowest BCUT2D eigenvalue weighted by Gasteiger charge is -2.15. The van der Waals surface area contributed by atoms with E-state index in [1.54, 1.807) is 0 Å². The van der Waals surface area contributed by atoms with Crippen molar-refractivity contribution in [2.75, 3.05) is 0 Å². The highest BCUT2D eigenvalue weighted by Gasteiger charge is 2.17. The smallest absolute Gasteiger partial charge is 0.0998 e. The van der Waals surface area contributed by atoms with Gasteiger partial charge in [0.05, 0.1) is 39.4 Å². The van der Waals surface area contributed by atoms with Crippen LogP contribution in [0, 0.1) is 11.3 Å². The Balaban J connectivity index is 1.18. The van der Waals surface area contributed by atoms with Crippen LogP contribution in [0.2, 0.25) is 0 Å². The van der Waals surface area contributed by atoms with Gasteiger partial charge in [0.25, 0.3) is 0 Å². The molecule has 7 aromatic carbocycles. The van der Waals surface area contributed by atoms with Gasteiger partial charge in [0, 0.05) is 38.4 Å². The Morgan fingerprint density at radius 1 is 0.391 bits per heavy atom. The average molecular weight is 586 g/mol. The molecule has 0 aliphatic carbocycles. The highest BCUT2D eigenvalue weighted by atomic mass is 15.0. The van der Waals surface area contributed by atoms with Crippen molar-refractivity contribution < 1.29 is 0 Å². The number of nitriles is 1. The number of para-hydroxylation sites is 5. The van der Waals surface area contributed by atoms with Crippen LogP contribution in [0.25, 0.3) is 77.2 Å². The SMILES string of the molecule is N#Cc1ccc(-n2c3ccccc3c3ccccc32)cc1-c1ccc(-c2ccccc2-n2c3ccccc3c3ccccc32)cc1. The predicted octanol–water partition coefficient (Wildman–Crippen LogP) is 11.1. The summed E-state index contributed by atoms with van der Waals surface area (Å²) in [6.45, 7) is 0. The van der Waals surface area contributed by atoms with Gasteiger partial charge < -0.3 is 9.13 Å². The zero-order valence-corrected chi connectivity index (χ0v) is 24.9. The monoisotopic (exact) mass is 585 g/mol. The fourth-order valence-electron chi connectivity index (χ4n) is 7.13. The zero-order valence-electron chi connectivity index (χ0n) is 24.9. The van der Waals surface area contributed by atoms with Crippen molar-refractivity contribution in [2.24, 2.45) is 0 Å². The molecule has 3 heteroatoms. The predicted molar refractivity (Wildman–Crippen MR) is 191 cm³/mol. The Morgan fingerprint density at radius 3 is 1.35 bits per heavy atom. The van der Waals surface area contributed by atoms with Crippen LogP contribution >= 0.6 is 0 Å². The molecule has 0 aliphatic heterocycles. The molecule has 0 N–H and O–H groups in total. The summed E-state index contributed by atoms with van der Waals surface area (Å²) in [5.74, 6) is 0. The van der Waals surface area contributed by atoms with Crippen molar-refractivity contribution in [2.45, 2.75) is 0 Å². The van der Waals surface area contributed by atoms with E-state index in [2.05, 4.69) is 173 Å². The van der Waals surface area contributed by atoms with Crippen molar-refractivity contribution in [3.05, 3.63) is 169 Å². The summed E-state index contributed by atoms with van der Waals surface area (Å²) < 4.78 is 4.67. The first-order chi connectivity index (χ1) is 22.8. The van der Waals surface area contributed by atoms with Crippen LogP contribution in [-0.4, -0.2) is 9.13 Å². The first-order valence-electron chi connectivity index (χ1n) is 15.5. The summed E-state index contributed by atoms with van der Waals surface area (Å²) in [5.41, 5.74) is 11.7. The largest absolute Gasteiger partial charge is 0.309 e. The molecule has 0 amide bonds. The van der Waals surface area contributed by atoms with Crippen molar-refractivity contribution in [3.63, 3.8) is 0 Å². The van der Waals surface area contributed by atoms with Gasteiger partial charge in [-0.2, -0.15) is 5.26 Å². The lowest BCUT2D eigenvalue weighted by Crippen LogP contribution is -1.97. The lowest BCUT2D eigenvalue weighted by atomic mass is 9.96. The van der Waals surface area contributed by atoms with Crippen LogP contribution < -0.4 is 0 Å². The van der Waals surface area contributed by atoms with E-state index in [0.29, 0.717) is 5.56 Å². The molecule has 0 unspecified atom stereocenters. The minimum absolute atomic E-state index is 0.656. The summed E-state index contributed by atoms with van der Waals surface area (Å²) >= 11 is 0. The van der Waals surface area contributed by atoms with Crippen molar-refractivity contribution in [3.8, 4) is 39.7 Å². The maximum atomic E-state index is 10.1. The third kappa shape index (κ3) is 3.91. The molecule has 0 fully saturated rings. The molecule has 0 spiro atoms. The summed E-state index contributed by atoms with van der Waals surface area (Å²) in [5, 5.41) is 15.1. The molecule has 2 aromatic heterocycles. The average Bonchev–Trinajstić information content (AvgIpc) is 3.65. The van der Waals surface area contributed by atoms with Crippen LogP contribution in [0.15, 0.2) is 164 Å². The van der Waals surface area contributed by atoms with Gasteiger partial charge in [-0.05, 0) is 59.7 Å². The van der Waals surface area contributed by atoms with E-state index in [1.165, 1.54) is 32.6 Å². The molecule has 3 nitrogen and oxygen atoms in total. The van der Waals surface area contributed by atoms with Gasteiger partial charge in [-0.25, -0.2) is 0 Å². The Hall–Kier alpha value is -6.37. The Labute approximate surface area is 266 Å². The Kier molecular flexibility index (Phi) is 5.88. The summed E-state index contributed by atoms with van der Waals surface area (Å²) in [6, 6.07) is 60.1. The van der Waals surface area contributed by atoms with Gasteiger partial charge in [-0.15, -0.1) is 0 Å². The maximum absolute atomic E-state index is 10.1. The number of rotatable bonds is 4. The summed E-state index contributed by atoms with van der Waals surface area (Å²) in [7, 11) is 0. The molecule has 0 bridgehead atoms. The van der Waals surface area contributed by atoms with Crippen LogP contribution in [0.3, 0.4) is 0 Å². The van der Waals surface area contributed by atoms with Gasteiger partial charge in [0.2, 0.25) is 0 Å². The molecule has 214 valence electrons. The van der Waals surface area contributed by atoms with E-state index >= 15 is 0 Å². The van der Waals surface area contributed by atoms with Crippen LogP contribution in [0.4, 0.5) is 0 Å². The Bertz CT molecular complexity index is 2540. The van der Waals surface area contributed by atoms with Crippen molar-refractivity contribution in [1.29, 1.82) is 5.26 Å². The van der Waals surface area contributed by atoms with Crippen LogP contribution in [0.5, 0.6) is 0 Å². The summed E-state index contributed by atoms with van der Waals surface area (Å²) in [4.78, 5) is 0. The second-order valence-electron chi connectivity index (χ2n) is 11.7. The van der Waals surface area contributed by atoms with Gasteiger partial charge >= 0.3 is 0 Å². The fourth-order valence-corrected chi connectivity index (χ4v) is 7.13. The highest BCUT2D eigenvalue weighted by molar-refractivity contribution is 6.10. The van der Waals surface area contributed by atoms with Crippen molar-refractivity contribution in [1.82, 2.24) is 9.13 Å². The van der Waals surface area contributed by atoms with Gasteiger partial charge in [-0.3, -0.25) is 0 Å². The maximum Gasteiger partial charge on any atom is 0.0998 e.